The summed E-state index contributed by atoms with van der Waals surface area (Å²) in [6.45, 7) is 6.86. The van der Waals surface area contributed by atoms with E-state index >= 15 is 0 Å². The van der Waals surface area contributed by atoms with E-state index in [9.17, 15) is 8.42 Å². The number of aliphatic hydroxyl groups is 1. The van der Waals surface area contributed by atoms with Crippen LogP contribution in [0.3, 0.4) is 0 Å². The topological polar surface area (TPSA) is 69.6 Å². The second-order valence-corrected chi connectivity index (χ2v) is 7.18. The molecule has 2 N–H and O–H groups in total. The predicted molar refractivity (Wildman–Crippen MR) is 68.3 cm³/mol. The van der Waals surface area contributed by atoms with Crippen LogP contribution in [0.5, 0.6) is 0 Å². The molecule has 17 heavy (non-hydrogen) atoms. The Morgan fingerprint density at radius 2 is 1.88 bits per heavy atom. The van der Waals surface area contributed by atoms with Crippen LogP contribution in [0.15, 0.2) is 0 Å². The second kappa shape index (κ2) is 6.68. The first-order valence-corrected chi connectivity index (χ1v) is 7.82. The Hall–Kier alpha value is -0.170. The van der Waals surface area contributed by atoms with Gasteiger partial charge in [0.2, 0.25) is 10.0 Å². The fraction of sp³-hybridized carbons (Fsp3) is 1.00. The molecule has 102 valence electrons. The Bertz CT molecular complexity index is 313. The van der Waals surface area contributed by atoms with Crippen molar-refractivity contribution in [3.63, 3.8) is 0 Å². The molecule has 0 radical (unpaired) electrons. The molecule has 0 aromatic rings. The number of hydrogen-bond donors (Lipinski definition) is 2. The minimum atomic E-state index is -3.36. The molecule has 1 rings (SSSR count). The van der Waals surface area contributed by atoms with Crippen molar-refractivity contribution in [3.8, 4) is 0 Å². The third kappa shape index (κ3) is 4.91. The van der Waals surface area contributed by atoms with Crippen molar-refractivity contribution in [3.05, 3.63) is 0 Å². The van der Waals surface area contributed by atoms with E-state index < -0.39 is 15.3 Å². The largest absolute Gasteiger partial charge is 0.395 e. The molecule has 1 aliphatic heterocycles. The first kappa shape index (κ1) is 14.9. The van der Waals surface area contributed by atoms with Gasteiger partial charge in [-0.05, 0) is 38.8 Å². The molecule has 0 aromatic carbocycles. The number of likely N-dealkylation sites (tertiary alicyclic amines) is 1. The molecule has 5 nitrogen and oxygen atoms in total. The molecule has 2 atom stereocenters. The fourth-order valence-electron chi connectivity index (χ4n) is 1.97. The highest BCUT2D eigenvalue weighted by Crippen LogP contribution is 2.10. The van der Waals surface area contributed by atoms with Gasteiger partial charge in [-0.3, -0.25) is 0 Å². The van der Waals surface area contributed by atoms with E-state index in [0.717, 1.165) is 19.6 Å². The summed E-state index contributed by atoms with van der Waals surface area (Å²) in [4.78, 5) is 2.37. The smallest absolute Gasteiger partial charge is 0.216 e. The van der Waals surface area contributed by atoms with Crippen LogP contribution < -0.4 is 4.72 Å². The minimum absolute atomic E-state index is 0.300. The maximum Gasteiger partial charge on any atom is 0.216 e. The van der Waals surface area contributed by atoms with E-state index in [1.54, 1.807) is 0 Å². The van der Waals surface area contributed by atoms with Crippen molar-refractivity contribution in [2.75, 3.05) is 32.8 Å². The van der Waals surface area contributed by atoms with E-state index in [0.29, 0.717) is 12.5 Å². The van der Waals surface area contributed by atoms with Gasteiger partial charge in [-0.25, -0.2) is 13.1 Å². The summed E-state index contributed by atoms with van der Waals surface area (Å²) in [5.74, 6) is 0.300. The highest BCUT2D eigenvalue weighted by atomic mass is 32.2. The Balaban J connectivity index is 2.29. The molecule has 0 amide bonds. The number of sulfonamides is 1. The van der Waals surface area contributed by atoms with E-state index in [2.05, 4.69) is 9.62 Å². The van der Waals surface area contributed by atoms with Crippen LogP contribution in [0.4, 0.5) is 0 Å². The molecule has 0 aromatic heterocycles. The number of nitrogens with zero attached hydrogens (tertiary/aromatic N) is 1. The molecule has 1 heterocycles. The molecule has 1 saturated heterocycles. The number of aliphatic hydroxyl groups excluding tert-OH is 1. The van der Waals surface area contributed by atoms with Gasteiger partial charge in [-0.15, -0.1) is 0 Å². The van der Waals surface area contributed by atoms with Crippen molar-refractivity contribution in [1.82, 2.24) is 9.62 Å². The third-order valence-corrected chi connectivity index (χ3v) is 4.97. The fourth-order valence-corrected chi connectivity index (χ4v) is 2.97. The van der Waals surface area contributed by atoms with Gasteiger partial charge in [-0.2, -0.15) is 0 Å². The lowest BCUT2D eigenvalue weighted by molar-refractivity contribution is 0.285. The summed E-state index contributed by atoms with van der Waals surface area (Å²) < 4.78 is 25.8. The molecule has 1 aliphatic rings. The number of hydrogen-bond acceptors (Lipinski definition) is 4. The van der Waals surface area contributed by atoms with E-state index in [1.165, 1.54) is 19.8 Å². The lowest BCUT2D eigenvalue weighted by Crippen LogP contribution is -2.39. The Kier molecular flexibility index (Phi) is 5.85. The van der Waals surface area contributed by atoms with E-state index in [4.69, 9.17) is 5.11 Å². The summed E-state index contributed by atoms with van der Waals surface area (Å²) in [7, 11) is -3.36. The first-order chi connectivity index (χ1) is 7.95. The van der Waals surface area contributed by atoms with Gasteiger partial charge >= 0.3 is 0 Å². The molecule has 0 spiro atoms. The van der Waals surface area contributed by atoms with E-state index in [-0.39, 0.29) is 6.61 Å². The zero-order chi connectivity index (χ0) is 12.9. The monoisotopic (exact) mass is 264 g/mol. The molecule has 0 aliphatic carbocycles. The number of nitrogens with one attached hydrogen (secondary N) is 1. The van der Waals surface area contributed by atoms with Crippen LogP contribution in [0, 0.1) is 5.92 Å². The molecular weight excluding hydrogens is 240 g/mol. The van der Waals surface area contributed by atoms with Gasteiger partial charge in [0.05, 0.1) is 11.9 Å². The summed E-state index contributed by atoms with van der Waals surface area (Å²) in [6.07, 6.45) is 2.50. The quantitative estimate of drug-likeness (QED) is 0.680. The Morgan fingerprint density at radius 1 is 1.29 bits per heavy atom. The minimum Gasteiger partial charge on any atom is -0.395 e. The van der Waals surface area contributed by atoms with Crippen molar-refractivity contribution >= 4 is 10.0 Å². The zero-order valence-electron chi connectivity index (χ0n) is 10.7. The van der Waals surface area contributed by atoms with Crippen LogP contribution in [-0.2, 0) is 10.0 Å². The molecule has 0 bridgehead atoms. The lowest BCUT2D eigenvalue weighted by Gasteiger charge is -2.21. The highest BCUT2D eigenvalue weighted by Gasteiger charge is 2.21. The van der Waals surface area contributed by atoms with Crippen molar-refractivity contribution in [2.24, 2.45) is 5.92 Å². The summed E-state index contributed by atoms with van der Waals surface area (Å²) in [6, 6.07) is 0. The summed E-state index contributed by atoms with van der Waals surface area (Å²) in [5.41, 5.74) is 0. The normalized spacial score (nSPS) is 21.6. The third-order valence-electron chi connectivity index (χ3n) is 3.19. The standard InChI is InChI=1S/C11H24N2O3S/c1-10(8-13-5-3-4-6-13)7-12-17(15,16)11(2)9-14/h10-12,14H,3-9H2,1-2H3. The van der Waals surface area contributed by atoms with Gasteiger partial charge < -0.3 is 10.0 Å². The van der Waals surface area contributed by atoms with Crippen LogP contribution >= 0.6 is 0 Å². The average Bonchev–Trinajstić information content (AvgIpc) is 2.78. The van der Waals surface area contributed by atoms with E-state index in [1.807, 2.05) is 6.92 Å². The summed E-state index contributed by atoms with van der Waals surface area (Å²) >= 11 is 0. The van der Waals surface area contributed by atoms with Gasteiger partial charge in [0.25, 0.3) is 0 Å². The highest BCUT2D eigenvalue weighted by molar-refractivity contribution is 7.90. The molecule has 0 saturated carbocycles. The van der Waals surface area contributed by atoms with Gasteiger partial charge in [-0.1, -0.05) is 6.92 Å². The SMILES string of the molecule is CC(CNS(=O)(=O)C(C)CO)CN1CCCC1. The maximum absolute atomic E-state index is 11.6. The molecule has 2 unspecified atom stereocenters. The second-order valence-electron chi connectivity index (χ2n) is 5.00. The van der Waals surface area contributed by atoms with Crippen molar-refractivity contribution < 1.29 is 13.5 Å². The van der Waals surface area contributed by atoms with Crippen LogP contribution in [0.25, 0.3) is 0 Å². The van der Waals surface area contributed by atoms with Gasteiger partial charge in [0.15, 0.2) is 0 Å². The first-order valence-electron chi connectivity index (χ1n) is 6.27. The van der Waals surface area contributed by atoms with Crippen LogP contribution in [0.1, 0.15) is 26.7 Å². The molecular formula is C11H24N2O3S. The maximum atomic E-state index is 11.6. The van der Waals surface area contributed by atoms with Crippen molar-refractivity contribution in [1.29, 1.82) is 0 Å². The van der Waals surface area contributed by atoms with Crippen molar-refractivity contribution in [2.45, 2.75) is 31.9 Å². The Morgan fingerprint density at radius 3 is 2.41 bits per heavy atom. The Labute approximate surface area is 104 Å². The van der Waals surface area contributed by atoms with Crippen LogP contribution in [0.2, 0.25) is 0 Å². The average molecular weight is 264 g/mol. The summed E-state index contributed by atoms with van der Waals surface area (Å²) in [5, 5.41) is 8.10. The molecule has 1 fully saturated rings. The number of rotatable bonds is 7. The molecule has 6 heteroatoms. The lowest BCUT2D eigenvalue weighted by atomic mass is 10.2. The zero-order valence-corrected chi connectivity index (χ0v) is 11.5. The van der Waals surface area contributed by atoms with Gasteiger partial charge in [0.1, 0.15) is 0 Å². The van der Waals surface area contributed by atoms with Gasteiger partial charge in [0, 0.05) is 13.1 Å². The van der Waals surface area contributed by atoms with Crippen LogP contribution in [-0.4, -0.2) is 56.5 Å². The predicted octanol–water partition coefficient (Wildman–Crippen LogP) is 0.0185.